The van der Waals surface area contributed by atoms with Gasteiger partial charge in [-0.2, -0.15) is 0 Å². The fraction of sp³-hybridized carbons (Fsp3) is 0.257. The van der Waals surface area contributed by atoms with Gasteiger partial charge in [0.1, 0.15) is 18.3 Å². The van der Waals surface area contributed by atoms with E-state index < -0.39 is 28.5 Å². The molecule has 4 rings (SSSR count). The molecule has 0 aliphatic rings. The van der Waals surface area contributed by atoms with Crippen LogP contribution in [0.3, 0.4) is 0 Å². The molecule has 0 spiro atoms. The van der Waals surface area contributed by atoms with Crippen LogP contribution < -0.4 is 14.4 Å². The number of hydrogen-bond acceptors (Lipinski definition) is 5. The fourth-order valence-corrected chi connectivity index (χ4v) is 6.63. The lowest BCUT2D eigenvalue weighted by atomic mass is 10.0. The molecule has 45 heavy (non-hydrogen) atoms. The van der Waals surface area contributed by atoms with Gasteiger partial charge >= 0.3 is 0 Å². The van der Waals surface area contributed by atoms with Crippen LogP contribution >= 0.6 is 15.9 Å². The van der Waals surface area contributed by atoms with E-state index in [1.165, 1.54) is 17.0 Å². The van der Waals surface area contributed by atoms with E-state index in [0.717, 1.165) is 25.5 Å². The van der Waals surface area contributed by atoms with Crippen molar-refractivity contribution < 1.29 is 22.7 Å². The van der Waals surface area contributed by atoms with Crippen LogP contribution in [-0.4, -0.2) is 50.9 Å². The highest BCUT2D eigenvalue weighted by Gasteiger charge is 2.34. The van der Waals surface area contributed by atoms with Gasteiger partial charge in [-0.15, -0.1) is 0 Å². The number of carbonyl (C=O) groups excluding carboxylic acids is 2. The van der Waals surface area contributed by atoms with Crippen molar-refractivity contribution in [2.45, 2.75) is 44.7 Å². The first-order valence-corrected chi connectivity index (χ1v) is 17.0. The summed E-state index contributed by atoms with van der Waals surface area (Å²) in [4.78, 5) is 29.6. The van der Waals surface area contributed by atoms with Gasteiger partial charge in [0.2, 0.25) is 11.8 Å². The SMILES string of the molecule is CCNC(=O)[C@@H](Cc1ccccc1)N(Cc1ccccc1C)C(=O)CN(c1ccc(OCC)cc1)S(=O)(=O)c1ccc(Br)cc1. The lowest BCUT2D eigenvalue weighted by molar-refractivity contribution is -0.140. The smallest absolute Gasteiger partial charge is 0.264 e. The normalized spacial score (nSPS) is 11.8. The molecule has 10 heteroatoms. The molecule has 0 heterocycles. The highest BCUT2D eigenvalue weighted by Crippen LogP contribution is 2.28. The number of halogens is 1. The number of amides is 2. The summed E-state index contributed by atoms with van der Waals surface area (Å²) in [7, 11) is -4.20. The average Bonchev–Trinajstić information content (AvgIpc) is 3.03. The molecule has 2 amide bonds. The maximum Gasteiger partial charge on any atom is 0.264 e. The molecule has 0 radical (unpaired) electrons. The van der Waals surface area contributed by atoms with Crippen molar-refractivity contribution in [3.8, 4) is 5.75 Å². The van der Waals surface area contributed by atoms with Crippen LogP contribution in [0.5, 0.6) is 5.75 Å². The molecular formula is C35H38BrN3O5S. The van der Waals surface area contributed by atoms with Gasteiger partial charge in [-0.25, -0.2) is 8.42 Å². The zero-order valence-electron chi connectivity index (χ0n) is 25.6. The fourth-order valence-electron chi connectivity index (χ4n) is 4.95. The number of hydrogen-bond donors (Lipinski definition) is 1. The minimum Gasteiger partial charge on any atom is -0.494 e. The van der Waals surface area contributed by atoms with Crippen molar-refractivity contribution in [3.05, 3.63) is 124 Å². The Hall–Kier alpha value is -4.15. The Bertz CT molecular complexity index is 1680. The second-order valence-electron chi connectivity index (χ2n) is 10.4. The van der Waals surface area contributed by atoms with E-state index in [1.807, 2.05) is 75.4 Å². The topological polar surface area (TPSA) is 96.0 Å². The Kier molecular flexibility index (Phi) is 11.8. The Morgan fingerprint density at radius 3 is 2.13 bits per heavy atom. The van der Waals surface area contributed by atoms with Crippen molar-refractivity contribution >= 4 is 43.5 Å². The standard InChI is InChI=1S/C35H38BrN3O5S/c1-4-37-35(41)33(23-27-12-7-6-8-13-27)38(24-28-14-10-9-11-26(28)3)34(40)25-39(30-17-19-31(20-18-30)44-5-2)45(42,43)32-21-15-29(36)16-22-32/h6-22,33H,4-5,23-25H2,1-3H3,(H,37,41)/t33-/m1/s1. The monoisotopic (exact) mass is 691 g/mol. The number of carbonyl (C=O) groups is 2. The first kappa shape index (κ1) is 33.7. The molecule has 4 aromatic carbocycles. The van der Waals surface area contributed by atoms with Crippen LogP contribution in [0.2, 0.25) is 0 Å². The molecule has 0 saturated heterocycles. The minimum atomic E-state index is -4.20. The lowest BCUT2D eigenvalue weighted by Crippen LogP contribution is -2.53. The third-order valence-corrected chi connectivity index (χ3v) is 9.66. The van der Waals surface area contributed by atoms with Crippen LogP contribution in [0, 0.1) is 6.92 Å². The lowest BCUT2D eigenvalue weighted by Gasteiger charge is -2.34. The number of benzene rings is 4. The second-order valence-corrected chi connectivity index (χ2v) is 13.2. The van der Waals surface area contributed by atoms with Crippen LogP contribution in [0.1, 0.15) is 30.5 Å². The number of aryl methyl sites for hydroxylation is 1. The summed E-state index contributed by atoms with van der Waals surface area (Å²) in [6.45, 7) is 6.06. The Morgan fingerprint density at radius 1 is 0.867 bits per heavy atom. The maximum atomic E-state index is 14.5. The number of nitrogens with one attached hydrogen (secondary N) is 1. The van der Waals surface area contributed by atoms with E-state index in [-0.39, 0.29) is 23.8 Å². The summed E-state index contributed by atoms with van der Waals surface area (Å²) in [6, 6.07) is 29.1. The van der Waals surface area contributed by atoms with Crippen molar-refractivity contribution in [1.82, 2.24) is 10.2 Å². The molecule has 0 aromatic heterocycles. The van der Waals surface area contributed by atoms with Crippen molar-refractivity contribution in [3.63, 3.8) is 0 Å². The number of nitrogens with zero attached hydrogens (tertiary/aromatic N) is 2. The Morgan fingerprint density at radius 2 is 1.51 bits per heavy atom. The van der Waals surface area contributed by atoms with Crippen molar-refractivity contribution in [1.29, 1.82) is 0 Å². The molecule has 0 saturated carbocycles. The van der Waals surface area contributed by atoms with E-state index in [4.69, 9.17) is 4.74 Å². The van der Waals surface area contributed by atoms with Crippen molar-refractivity contribution in [2.24, 2.45) is 0 Å². The third kappa shape index (κ3) is 8.73. The molecule has 236 valence electrons. The quantitative estimate of drug-likeness (QED) is 0.172. The van der Waals surface area contributed by atoms with Gasteiger partial charge < -0.3 is 15.0 Å². The molecule has 8 nitrogen and oxygen atoms in total. The van der Waals surface area contributed by atoms with E-state index in [1.54, 1.807) is 36.4 Å². The maximum absolute atomic E-state index is 14.5. The Labute approximate surface area is 274 Å². The Balaban J connectivity index is 1.80. The number of anilines is 1. The predicted octanol–water partition coefficient (Wildman–Crippen LogP) is 6.13. The van der Waals surface area contributed by atoms with E-state index in [2.05, 4.69) is 21.2 Å². The molecule has 0 fully saturated rings. The summed E-state index contributed by atoms with van der Waals surface area (Å²) in [6.07, 6.45) is 0.257. The summed E-state index contributed by atoms with van der Waals surface area (Å²) in [5.74, 6) is -0.249. The summed E-state index contributed by atoms with van der Waals surface area (Å²) in [5.41, 5.74) is 2.98. The van der Waals surface area contributed by atoms with E-state index >= 15 is 0 Å². The van der Waals surface area contributed by atoms with Crippen LogP contribution in [-0.2, 0) is 32.6 Å². The third-order valence-electron chi connectivity index (χ3n) is 7.34. The zero-order valence-corrected chi connectivity index (χ0v) is 28.1. The first-order valence-electron chi connectivity index (χ1n) is 14.8. The first-order chi connectivity index (χ1) is 21.6. The average molecular weight is 693 g/mol. The molecule has 4 aromatic rings. The predicted molar refractivity (Wildman–Crippen MR) is 181 cm³/mol. The molecule has 0 aliphatic carbocycles. The van der Waals surface area contributed by atoms with Crippen LogP contribution in [0.4, 0.5) is 5.69 Å². The molecule has 1 N–H and O–H groups in total. The second kappa shape index (κ2) is 15.7. The molecular weight excluding hydrogens is 654 g/mol. The number of sulfonamides is 1. The molecule has 0 aliphatic heterocycles. The van der Waals surface area contributed by atoms with Gasteiger partial charge in [-0.3, -0.25) is 13.9 Å². The largest absolute Gasteiger partial charge is 0.494 e. The number of rotatable bonds is 14. The zero-order chi connectivity index (χ0) is 32.4. The van der Waals surface area contributed by atoms with Gasteiger partial charge in [0.25, 0.3) is 10.0 Å². The van der Waals surface area contributed by atoms with Gasteiger partial charge in [-0.1, -0.05) is 70.5 Å². The van der Waals surface area contributed by atoms with Crippen LogP contribution in [0.25, 0.3) is 0 Å². The van der Waals surface area contributed by atoms with E-state index in [0.29, 0.717) is 24.6 Å². The van der Waals surface area contributed by atoms with E-state index in [9.17, 15) is 18.0 Å². The van der Waals surface area contributed by atoms with Gasteiger partial charge in [-0.05, 0) is 86.0 Å². The van der Waals surface area contributed by atoms with Gasteiger partial charge in [0, 0.05) is 24.0 Å². The van der Waals surface area contributed by atoms with Crippen LogP contribution in [0.15, 0.2) is 112 Å². The van der Waals surface area contributed by atoms with Gasteiger partial charge in [0.05, 0.1) is 17.2 Å². The number of likely N-dealkylation sites (N-methyl/N-ethyl adjacent to an activating group) is 1. The highest BCUT2D eigenvalue weighted by molar-refractivity contribution is 9.10. The van der Waals surface area contributed by atoms with Crippen molar-refractivity contribution in [2.75, 3.05) is 24.0 Å². The summed E-state index contributed by atoms with van der Waals surface area (Å²) >= 11 is 3.36. The number of ether oxygens (including phenoxy) is 1. The highest BCUT2D eigenvalue weighted by atomic mass is 79.9. The summed E-state index contributed by atoms with van der Waals surface area (Å²) < 4.78 is 35.7. The summed E-state index contributed by atoms with van der Waals surface area (Å²) in [5, 5.41) is 2.88. The molecule has 1 atom stereocenters. The molecule has 0 bridgehead atoms. The molecule has 0 unspecified atom stereocenters. The minimum absolute atomic E-state index is 0.0300. The van der Waals surface area contributed by atoms with Gasteiger partial charge in [0.15, 0.2) is 0 Å².